The lowest BCUT2D eigenvalue weighted by Gasteiger charge is -2.39. The van der Waals surface area contributed by atoms with Gasteiger partial charge in [-0.3, -0.25) is 4.99 Å². The average molecular weight is 381 g/mol. The summed E-state index contributed by atoms with van der Waals surface area (Å²) in [5.41, 5.74) is 1.23. The van der Waals surface area contributed by atoms with Crippen molar-refractivity contribution in [2.75, 3.05) is 50.9 Å². The summed E-state index contributed by atoms with van der Waals surface area (Å²) in [6.45, 7) is 6.40. The van der Waals surface area contributed by atoms with Crippen LogP contribution < -0.4 is 10.2 Å². The van der Waals surface area contributed by atoms with Crippen molar-refractivity contribution in [1.82, 2.24) is 10.2 Å². The van der Waals surface area contributed by atoms with Crippen molar-refractivity contribution < 1.29 is 8.42 Å². The Morgan fingerprint density at radius 1 is 1.27 bits per heavy atom. The van der Waals surface area contributed by atoms with Crippen LogP contribution in [-0.2, 0) is 9.84 Å². The van der Waals surface area contributed by atoms with E-state index in [1.807, 2.05) is 6.07 Å². The number of hydrogen-bond donors (Lipinski definition) is 1. The van der Waals surface area contributed by atoms with Gasteiger partial charge in [-0.25, -0.2) is 8.42 Å². The zero-order valence-electron chi connectivity index (χ0n) is 16.4. The van der Waals surface area contributed by atoms with Crippen molar-refractivity contribution in [2.24, 2.45) is 4.99 Å². The molecule has 0 aliphatic carbocycles. The van der Waals surface area contributed by atoms with Crippen LogP contribution in [0.5, 0.6) is 0 Å². The molecule has 1 aromatic rings. The molecule has 0 radical (unpaired) electrons. The van der Waals surface area contributed by atoms with Crippen LogP contribution in [-0.4, -0.2) is 70.1 Å². The molecule has 0 aromatic heterocycles. The van der Waals surface area contributed by atoms with E-state index in [1.54, 1.807) is 20.9 Å². The number of aliphatic imine (C=N–C) groups is 1. The minimum absolute atomic E-state index is 0.183. The Labute approximate surface area is 158 Å². The SMILES string of the molecule is CN=C(NCCCCN(C)c1ccccc1)N1CCS(=O)(=O)C(C)(C)C1. The fourth-order valence-corrected chi connectivity index (χ4v) is 4.51. The van der Waals surface area contributed by atoms with Crippen LogP contribution in [0.4, 0.5) is 5.69 Å². The Morgan fingerprint density at radius 2 is 1.96 bits per heavy atom. The van der Waals surface area contributed by atoms with Gasteiger partial charge in [0.15, 0.2) is 15.8 Å². The fraction of sp³-hybridized carbons (Fsp3) is 0.632. The maximum absolute atomic E-state index is 12.1. The first kappa shape index (κ1) is 20.6. The Bertz CT molecular complexity index is 702. The topological polar surface area (TPSA) is 65.0 Å². The molecule has 0 unspecified atom stereocenters. The zero-order chi connectivity index (χ0) is 19.2. The largest absolute Gasteiger partial charge is 0.375 e. The van der Waals surface area contributed by atoms with E-state index in [0.29, 0.717) is 13.1 Å². The van der Waals surface area contributed by atoms with Gasteiger partial charge in [-0.15, -0.1) is 0 Å². The van der Waals surface area contributed by atoms with Gasteiger partial charge in [-0.05, 0) is 38.8 Å². The van der Waals surface area contributed by atoms with Crippen molar-refractivity contribution in [2.45, 2.75) is 31.4 Å². The molecule has 0 bridgehead atoms. The number of nitrogens with zero attached hydrogens (tertiary/aromatic N) is 3. The number of para-hydroxylation sites is 1. The van der Waals surface area contributed by atoms with E-state index < -0.39 is 14.6 Å². The molecular formula is C19H32N4O2S. The number of nitrogens with one attached hydrogen (secondary N) is 1. The third kappa shape index (κ3) is 5.13. The normalized spacial score (nSPS) is 19.2. The Morgan fingerprint density at radius 3 is 2.58 bits per heavy atom. The minimum Gasteiger partial charge on any atom is -0.375 e. The third-order valence-corrected chi connectivity index (χ3v) is 7.49. The number of sulfone groups is 1. The maximum atomic E-state index is 12.1. The Balaban J connectivity index is 1.74. The van der Waals surface area contributed by atoms with E-state index in [9.17, 15) is 8.42 Å². The first-order chi connectivity index (χ1) is 12.3. The lowest BCUT2D eigenvalue weighted by molar-refractivity contribution is 0.353. The summed E-state index contributed by atoms with van der Waals surface area (Å²) in [5, 5.41) is 3.38. The summed E-state index contributed by atoms with van der Waals surface area (Å²) >= 11 is 0. The molecule has 26 heavy (non-hydrogen) atoms. The molecule has 0 spiro atoms. The van der Waals surface area contributed by atoms with Gasteiger partial charge in [0, 0.05) is 46.0 Å². The molecule has 6 nitrogen and oxygen atoms in total. The van der Waals surface area contributed by atoms with Gasteiger partial charge in [0.25, 0.3) is 0 Å². The number of unbranched alkanes of at least 4 members (excludes halogenated alkanes) is 1. The summed E-state index contributed by atoms with van der Waals surface area (Å²) in [5.74, 6) is 0.979. The van der Waals surface area contributed by atoms with Crippen molar-refractivity contribution >= 4 is 21.5 Å². The molecule has 1 aliphatic rings. The minimum atomic E-state index is -3.03. The molecule has 1 saturated heterocycles. The number of benzene rings is 1. The van der Waals surface area contributed by atoms with E-state index in [-0.39, 0.29) is 5.75 Å². The highest BCUT2D eigenvalue weighted by Gasteiger charge is 2.40. The molecule has 0 saturated carbocycles. The number of rotatable bonds is 6. The second kappa shape index (κ2) is 8.75. The molecule has 1 heterocycles. The monoisotopic (exact) mass is 380 g/mol. The third-order valence-electron chi connectivity index (χ3n) is 4.96. The predicted octanol–water partition coefficient (Wildman–Crippen LogP) is 1.99. The second-order valence-electron chi connectivity index (χ2n) is 7.44. The molecule has 0 atom stereocenters. The van der Waals surface area contributed by atoms with Crippen molar-refractivity contribution in [3.63, 3.8) is 0 Å². The number of anilines is 1. The first-order valence-corrected chi connectivity index (χ1v) is 10.9. The molecule has 2 rings (SSSR count). The van der Waals surface area contributed by atoms with Crippen LogP contribution in [0.2, 0.25) is 0 Å². The van der Waals surface area contributed by atoms with Gasteiger partial charge in [-0.1, -0.05) is 18.2 Å². The highest BCUT2D eigenvalue weighted by atomic mass is 32.2. The highest BCUT2D eigenvalue weighted by molar-refractivity contribution is 7.92. The van der Waals surface area contributed by atoms with Crippen molar-refractivity contribution in [3.05, 3.63) is 30.3 Å². The average Bonchev–Trinajstić information content (AvgIpc) is 2.61. The van der Waals surface area contributed by atoms with Crippen LogP contribution >= 0.6 is 0 Å². The molecule has 1 N–H and O–H groups in total. The number of guanidine groups is 1. The van der Waals surface area contributed by atoms with Crippen LogP contribution in [0.1, 0.15) is 26.7 Å². The van der Waals surface area contributed by atoms with E-state index in [2.05, 4.69) is 51.4 Å². The van der Waals surface area contributed by atoms with Crippen LogP contribution in [0.15, 0.2) is 35.3 Å². The van der Waals surface area contributed by atoms with Gasteiger partial charge in [0.05, 0.1) is 10.5 Å². The summed E-state index contributed by atoms with van der Waals surface area (Å²) < 4.78 is 23.6. The van der Waals surface area contributed by atoms with Gasteiger partial charge in [0.1, 0.15) is 0 Å². The summed E-state index contributed by atoms with van der Waals surface area (Å²) in [4.78, 5) is 8.64. The quantitative estimate of drug-likeness (QED) is 0.464. The van der Waals surface area contributed by atoms with Gasteiger partial charge < -0.3 is 15.1 Å². The Kier molecular flexibility index (Phi) is 6.92. The molecular weight excluding hydrogens is 348 g/mol. The Hall–Kier alpha value is -1.76. The maximum Gasteiger partial charge on any atom is 0.193 e. The summed E-state index contributed by atoms with van der Waals surface area (Å²) in [6.07, 6.45) is 2.11. The predicted molar refractivity (Wildman–Crippen MR) is 110 cm³/mol. The van der Waals surface area contributed by atoms with Gasteiger partial charge in [-0.2, -0.15) is 0 Å². The smallest absolute Gasteiger partial charge is 0.193 e. The second-order valence-corrected chi connectivity index (χ2v) is 10.2. The van der Waals surface area contributed by atoms with Gasteiger partial charge >= 0.3 is 0 Å². The molecule has 146 valence electrons. The molecule has 1 aliphatic heterocycles. The van der Waals surface area contributed by atoms with E-state index in [4.69, 9.17) is 0 Å². The van der Waals surface area contributed by atoms with Gasteiger partial charge in [0.2, 0.25) is 0 Å². The summed E-state index contributed by atoms with van der Waals surface area (Å²) in [7, 11) is 0.830. The van der Waals surface area contributed by atoms with Crippen LogP contribution in [0.3, 0.4) is 0 Å². The molecule has 1 aromatic carbocycles. The standard InChI is InChI=1S/C19H32N4O2S/c1-19(2)16-23(14-15-26(19,24)25)18(20-3)21-12-8-9-13-22(4)17-10-6-5-7-11-17/h5-7,10-11H,8-9,12-16H2,1-4H3,(H,20,21). The van der Waals surface area contributed by atoms with Crippen LogP contribution in [0.25, 0.3) is 0 Å². The lowest BCUT2D eigenvalue weighted by Crippen LogP contribution is -2.57. The molecule has 1 fully saturated rings. The number of hydrogen-bond acceptors (Lipinski definition) is 4. The molecule has 7 heteroatoms. The molecule has 0 amide bonds. The van der Waals surface area contributed by atoms with Crippen molar-refractivity contribution in [1.29, 1.82) is 0 Å². The summed E-state index contributed by atoms with van der Waals surface area (Å²) in [6, 6.07) is 10.4. The zero-order valence-corrected chi connectivity index (χ0v) is 17.2. The highest BCUT2D eigenvalue weighted by Crippen LogP contribution is 2.23. The van der Waals surface area contributed by atoms with E-state index >= 15 is 0 Å². The van der Waals surface area contributed by atoms with E-state index in [1.165, 1.54) is 5.69 Å². The first-order valence-electron chi connectivity index (χ1n) is 9.21. The lowest BCUT2D eigenvalue weighted by atomic mass is 10.2. The van der Waals surface area contributed by atoms with E-state index in [0.717, 1.165) is 31.9 Å². The van der Waals surface area contributed by atoms with Crippen LogP contribution in [0, 0.1) is 0 Å². The van der Waals surface area contributed by atoms with Crippen molar-refractivity contribution in [3.8, 4) is 0 Å². The fourth-order valence-electron chi connectivity index (χ4n) is 3.14.